The second-order valence-corrected chi connectivity index (χ2v) is 5.01. The Balaban J connectivity index is 2.53. The van der Waals surface area contributed by atoms with E-state index in [0.29, 0.717) is 18.9 Å². The van der Waals surface area contributed by atoms with Gasteiger partial charge in [0.25, 0.3) is 0 Å². The lowest BCUT2D eigenvalue weighted by Gasteiger charge is -2.19. The van der Waals surface area contributed by atoms with E-state index < -0.39 is 0 Å². The lowest BCUT2D eigenvalue weighted by Crippen LogP contribution is -2.21. The van der Waals surface area contributed by atoms with E-state index in [1.165, 1.54) is 12.7 Å². The third-order valence-corrected chi connectivity index (χ3v) is 2.90. The summed E-state index contributed by atoms with van der Waals surface area (Å²) in [6.07, 6.45) is 1.52. The van der Waals surface area contributed by atoms with Gasteiger partial charge in [0.05, 0.1) is 13.5 Å². The van der Waals surface area contributed by atoms with Gasteiger partial charge < -0.3 is 9.64 Å². The zero-order valence-corrected chi connectivity index (χ0v) is 11.8. The van der Waals surface area contributed by atoms with E-state index in [1.54, 1.807) is 0 Å². The Bertz CT molecular complexity index is 371. The number of benzene rings is 1. The van der Waals surface area contributed by atoms with Crippen molar-refractivity contribution in [3.63, 3.8) is 0 Å². The van der Waals surface area contributed by atoms with Crippen LogP contribution in [0.4, 0.5) is 5.69 Å². The number of hydrogen-bond acceptors (Lipinski definition) is 3. The van der Waals surface area contributed by atoms with Crippen LogP contribution in [0, 0.1) is 5.92 Å². The van der Waals surface area contributed by atoms with Crippen molar-refractivity contribution in [1.29, 1.82) is 0 Å². The zero-order chi connectivity index (χ0) is 13.5. The second-order valence-electron chi connectivity index (χ2n) is 5.01. The van der Waals surface area contributed by atoms with Gasteiger partial charge in [-0.3, -0.25) is 4.79 Å². The highest BCUT2D eigenvalue weighted by molar-refractivity contribution is 5.70. The fourth-order valence-electron chi connectivity index (χ4n) is 1.85. The summed E-state index contributed by atoms with van der Waals surface area (Å²) in [6, 6.07) is 8.53. The molecule has 0 aliphatic rings. The smallest absolute Gasteiger partial charge is 0.307 e. The molecule has 1 aromatic carbocycles. The minimum absolute atomic E-state index is 0.168. The summed E-state index contributed by atoms with van der Waals surface area (Å²) >= 11 is 0. The summed E-state index contributed by atoms with van der Waals surface area (Å²) in [5, 5.41) is 0. The lowest BCUT2D eigenvalue weighted by atomic mass is 10.0. The Hall–Kier alpha value is -1.51. The van der Waals surface area contributed by atoms with Crippen molar-refractivity contribution >= 4 is 11.7 Å². The maximum absolute atomic E-state index is 11.1. The predicted octanol–water partition coefficient (Wildman–Crippen LogP) is 2.88. The van der Waals surface area contributed by atoms with Gasteiger partial charge in [-0.2, -0.15) is 0 Å². The van der Waals surface area contributed by atoms with Crippen LogP contribution in [0.1, 0.15) is 25.8 Å². The van der Waals surface area contributed by atoms with E-state index in [9.17, 15) is 4.79 Å². The van der Waals surface area contributed by atoms with Gasteiger partial charge in [0.2, 0.25) is 0 Å². The van der Waals surface area contributed by atoms with E-state index in [2.05, 4.69) is 47.7 Å². The molecule has 0 radical (unpaired) electrons. The van der Waals surface area contributed by atoms with Crippen molar-refractivity contribution in [3.05, 3.63) is 29.8 Å². The van der Waals surface area contributed by atoms with Crippen LogP contribution in [0.25, 0.3) is 0 Å². The Labute approximate surface area is 110 Å². The average molecular weight is 249 g/mol. The Morgan fingerprint density at radius 2 is 1.89 bits per heavy atom. The number of hydrogen-bond donors (Lipinski definition) is 0. The molecule has 0 heterocycles. The van der Waals surface area contributed by atoms with Crippen molar-refractivity contribution in [1.82, 2.24) is 0 Å². The molecule has 0 aliphatic carbocycles. The van der Waals surface area contributed by atoms with E-state index in [-0.39, 0.29) is 5.97 Å². The predicted molar refractivity (Wildman–Crippen MR) is 74.9 cm³/mol. The molecule has 0 atom stereocenters. The molecule has 0 spiro atoms. The molecule has 0 aromatic heterocycles. The van der Waals surface area contributed by atoms with Gasteiger partial charge in [0.15, 0.2) is 0 Å². The summed E-state index contributed by atoms with van der Waals surface area (Å²) < 4.78 is 4.63. The molecule has 0 bridgehead atoms. The van der Waals surface area contributed by atoms with Crippen LogP contribution in [0.15, 0.2) is 24.3 Å². The largest absolute Gasteiger partial charge is 0.469 e. The average Bonchev–Trinajstić information content (AvgIpc) is 2.35. The Kier molecular flexibility index (Phi) is 5.69. The fraction of sp³-hybridized carbons (Fsp3) is 0.533. The number of nitrogens with zero attached hydrogens (tertiary/aromatic N) is 1. The van der Waals surface area contributed by atoms with Crippen LogP contribution >= 0.6 is 0 Å². The SMILES string of the molecule is COC(=O)CCN(C)c1ccc(CC(C)C)cc1. The van der Waals surface area contributed by atoms with Crippen LogP contribution in [0.5, 0.6) is 0 Å². The quantitative estimate of drug-likeness (QED) is 0.726. The van der Waals surface area contributed by atoms with E-state index >= 15 is 0 Å². The molecule has 0 saturated heterocycles. The van der Waals surface area contributed by atoms with Crippen LogP contribution in [0.2, 0.25) is 0 Å². The zero-order valence-electron chi connectivity index (χ0n) is 11.8. The number of rotatable bonds is 6. The molecule has 0 saturated carbocycles. The van der Waals surface area contributed by atoms with Crippen molar-refractivity contribution in [2.45, 2.75) is 26.7 Å². The summed E-state index contributed by atoms with van der Waals surface area (Å²) in [7, 11) is 3.41. The number of ether oxygens (including phenoxy) is 1. The van der Waals surface area contributed by atoms with Crippen molar-refractivity contribution in [2.24, 2.45) is 5.92 Å². The molecule has 0 fully saturated rings. The molecule has 3 nitrogen and oxygen atoms in total. The van der Waals surface area contributed by atoms with Crippen molar-refractivity contribution < 1.29 is 9.53 Å². The molecule has 100 valence electrons. The summed E-state index contributed by atoms with van der Waals surface area (Å²) in [5.74, 6) is 0.506. The highest BCUT2D eigenvalue weighted by atomic mass is 16.5. The minimum Gasteiger partial charge on any atom is -0.469 e. The lowest BCUT2D eigenvalue weighted by molar-refractivity contribution is -0.140. The van der Waals surface area contributed by atoms with E-state index in [1.807, 2.05) is 7.05 Å². The molecular formula is C15H23NO2. The molecule has 1 aromatic rings. The van der Waals surface area contributed by atoms with Gasteiger partial charge in [-0.25, -0.2) is 0 Å². The third-order valence-electron chi connectivity index (χ3n) is 2.90. The van der Waals surface area contributed by atoms with Crippen LogP contribution < -0.4 is 4.90 Å². The molecule has 3 heteroatoms. The summed E-state index contributed by atoms with van der Waals surface area (Å²) in [5.41, 5.74) is 2.49. The first-order valence-electron chi connectivity index (χ1n) is 6.39. The van der Waals surface area contributed by atoms with Gasteiger partial charge in [-0.1, -0.05) is 26.0 Å². The van der Waals surface area contributed by atoms with Crippen molar-refractivity contribution in [2.75, 3.05) is 25.6 Å². The van der Waals surface area contributed by atoms with Gasteiger partial charge in [0, 0.05) is 19.3 Å². The molecule has 18 heavy (non-hydrogen) atoms. The topological polar surface area (TPSA) is 29.5 Å². The maximum Gasteiger partial charge on any atom is 0.307 e. The Morgan fingerprint density at radius 3 is 2.39 bits per heavy atom. The minimum atomic E-state index is -0.168. The number of carbonyl (C=O) groups is 1. The van der Waals surface area contributed by atoms with Gasteiger partial charge in [-0.15, -0.1) is 0 Å². The van der Waals surface area contributed by atoms with E-state index in [4.69, 9.17) is 0 Å². The highest BCUT2D eigenvalue weighted by Crippen LogP contribution is 2.16. The first-order chi connectivity index (χ1) is 8.52. The number of methoxy groups -OCH3 is 1. The third kappa shape index (κ3) is 4.78. The highest BCUT2D eigenvalue weighted by Gasteiger charge is 2.05. The molecular weight excluding hydrogens is 226 g/mol. The first-order valence-corrected chi connectivity index (χ1v) is 6.39. The van der Waals surface area contributed by atoms with Gasteiger partial charge in [-0.05, 0) is 30.0 Å². The standard InChI is InChI=1S/C15H23NO2/c1-12(2)11-13-5-7-14(8-6-13)16(3)10-9-15(17)18-4/h5-8,12H,9-11H2,1-4H3. The molecule has 0 N–H and O–H groups in total. The fourth-order valence-corrected chi connectivity index (χ4v) is 1.85. The van der Waals surface area contributed by atoms with Crippen molar-refractivity contribution in [3.8, 4) is 0 Å². The summed E-state index contributed by atoms with van der Waals surface area (Å²) in [4.78, 5) is 13.1. The molecule has 0 aliphatic heterocycles. The van der Waals surface area contributed by atoms with Crippen LogP contribution in [0.3, 0.4) is 0 Å². The normalized spacial score (nSPS) is 10.5. The summed E-state index contributed by atoms with van der Waals surface area (Å²) in [6.45, 7) is 5.11. The van der Waals surface area contributed by atoms with Gasteiger partial charge in [0.1, 0.15) is 0 Å². The molecule has 1 rings (SSSR count). The monoisotopic (exact) mass is 249 g/mol. The number of anilines is 1. The number of esters is 1. The molecule has 0 unspecified atom stereocenters. The number of carbonyl (C=O) groups excluding carboxylic acids is 1. The van der Waals surface area contributed by atoms with Gasteiger partial charge >= 0.3 is 5.97 Å². The van der Waals surface area contributed by atoms with Crippen LogP contribution in [-0.2, 0) is 16.0 Å². The second kappa shape index (κ2) is 7.04. The van der Waals surface area contributed by atoms with E-state index in [0.717, 1.165) is 12.1 Å². The Morgan fingerprint density at radius 1 is 1.28 bits per heavy atom. The van der Waals surface area contributed by atoms with Crippen LogP contribution in [-0.4, -0.2) is 26.7 Å². The maximum atomic E-state index is 11.1. The first kappa shape index (κ1) is 14.6. The molecule has 0 amide bonds.